The van der Waals surface area contributed by atoms with Crippen molar-refractivity contribution < 1.29 is 4.74 Å². The minimum atomic E-state index is 0.490. The van der Waals surface area contributed by atoms with Gasteiger partial charge in [0.1, 0.15) is 5.75 Å². The molecule has 1 aliphatic carbocycles. The topological polar surface area (TPSA) is 21.3 Å². The molecule has 0 amide bonds. The lowest BCUT2D eigenvalue weighted by molar-refractivity contribution is 0.301. The van der Waals surface area contributed by atoms with Gasteiger partial charge < -0.3 is 10.1 Å². The van der Waals surface area contributed by atoms with E-state index in [1.807, 2.05) is 12.1 Å². The lowest BCUT2D eigenvalue weighted by atomic mass is 9.77. The third-order valence-corrected chi connectivity index (χ3v) is 5.63. The van der Waals surface area contributed by atoms with Gasteiger partial charge in [-0.25, -0.2) is 0 Å². The van der Waals surface area contributed by atoms with Crippen molar-refractivity contribution in [3.05, 3.63) is 59.1 Å². The Hall–Kier alpha value is -1.67. The van der Waals surface area contributed by atoms with Crippen molar-refractivity contribution >= 4 is 17.3 Å². The number of benzene rings is 2. The fraction of sp³-hybridized carbons (Fsp3) is 0.455. The lowest BCUT2D eigenvalue weighted by Crippen LogP contribution is -2.22. The normalized spacial score (nSPS) is 21.6. The number of halogens is 1. The van der Waals surface area contributed by atoms with Crippen molar-refractivity contribution in [3.8, 4) is 5.75 Å². The van der Waals surface area contributed by atoms with Crippen molar-refractivity contribution in [2.24, 2.45) is 5.92 Å². The van der Waals surface area contributed by atoms with E-state index in [1.165, 1.54) is 37.7 Å². The van der Waals surface area contributed by atoms with E-state index in [1.54, 1.807) is 7.11 Å². The van der Waals surface area contributed by atoms with E-state index in [2.05, 4.69) is 48.6 Å². The minimum absolute atomic E-state index is 0.490. The molecule has 1 aliphatic rings. The molecule has 0 radical (unpaired) electrons. The smallest absolute Gasteiger partial charge is 0.118 e. The summed E-state index contributed by atoms with van der Waals surface area (Å²) in [5.41, 5.74) is 2.62. The summed E-state index contributed by atoms with van der Waals surface area (Å²) in [5.74, 6) is 2.48. The van der Waals surface area contributed by atoms with Crippen LogP contribution in [0.3, 0.4) is 0 Å². The summed E-state index contributed by atoms with van der Waals surface area (Å²) >= 11 is 5.95. The van der Waals surface area contributed by atoms with Crippen LogP contribution in [0.4, 0.5) is 5.69 Å². The zero-order valence-electron chi connectivity index (χ0n) is 15.2. The van der Waals surface area contributed by atoms with Gasteiger partial charge in [0.2, 0.25) is 0 Å². The Kier molecular flexibility index (Phi) is 6.25. The Morgan fingerprint density at radius 1 is 1.00 bits per heavy atom. The van der Waals surface area contributed by atoms with E-state index in [0.717, 1.165) is 22.4 Å². The fourth-order valence-corrected chi connectivity index (χ4v) is 4.12. The van der Waals surface area contributed by atoms with Crippen LogP contribution in [-0.2, 0) is 0 Å². The highest BCUT2D eigenvalue weighted by atomic mass is 35.5. The van der Waals surface area contributed by atoms with E-state index >= 15 is 0 Å². The Balaban J connectivity index is 1.46. The summed E-state index contributed by atoms with van der Waals surface area (Å²) in [7, 11) is 1.72. The van der Waals surface area contributed by atoms with Crippen molar-refractivity contribution in [1.82, 2.24) is 0 Å². The average Bonchev–Trinajstić information content (AvgIpc) is 2.64. The molecule has 2 aromatic rings. The van der Waals surface area contributed by atoms with Crippen LogP contribution in [0.25, 0.3) is 0 Å². The zero-order valence-corrected chi connectivity index (χ0v) is 15.9. The molecular formula is C22H28ClNO. The van der Waals surface area contributed by atoms with E-state index in [4.69, 9.17) is 16.3 Å². The van der Waals surface area contributed by atoms with Gasteiger partial charge in [-0.1, -0.05) is 23.7 Å². The van der Waals surface area contributed by atoms with Crippen LogP contribution in [0.2, 0.25) is 5.02 Å². The van der Waals surface area contributed by atoms with Crippen LogP contribution < -0.4 is 10.1 Å². The maximum Gasteiger partial charge on any atom is 0.118 e. The van der Waals surface area contributed by atoms with Gasteiger partial charge in [-0.3, -0.25) is 0 Å². The predicted octanol–water partition coefficient (Wildman–Crippen LogP) is 6.51. The quantitative estimate of drug-likeness (QED) is 0.635. The standard InChI is InChI=1S/C22H28ClNO/c1-16(24-21-11-9-20(23)10-12-21)15-17-3-5-18(6-4-17)19-7-13-22(25-2)14-8-19/h7-14,16-18,24H,3-6,15H2,1-2H3. The van der Waals surface area contributed by atoms with Crippen LogP contribution >= 0.6 is 11.6 Å². The highest BCUT2D eigenvalue weighted by Gasteiger charge is 2.23. The molecule has 1 fully saturated rings. The molecule has 1 N–H and O–H groups in total. The first-order chi connectivity index (χ1) is 12.1. The van der Waals surface area contributed by atoms with Gasteiger partial charge in [0.05, 0.1) is 7.11 Å². The van der Waals surface area contributed by atoms with Crippen LogP contribution in [0.5, 0.6) is 5.75 Å². The van der Waals surface area contributed by atoms with Gasteiger partial charge in [0.15, 0.2) is 0 Å². The molecule has 3 rings (SSSR count). The number of rotatable bonds is 6. The number of hydrogen-bond acceptors (Lipinski definition) is 2. The summed E-state index contributed by atoms with van der Waals surface area (Å²) in [5, 5.41) is 4.39. The highest BCUT2D eigenvalue weighted by Crippen LogP contribution is 2.38. The molecule has 1 unspecified atom stereocenters. The second-order valence-electron chi connectivity index (χ2n) is 7.28. The first-order valence-electron chi connectivity index (χ1n) is 9.30. The highest BCUT2D eigenvalue weighted by molar-refractivity contribution is 6.30. The molecule has 0 heterocycles. The van der Waals surface area contributed by atoms with E-state index in [9.17, 15) is 0 Å². The zero-order chi connectivity index (χ0) is 17.6. The van der Waals surface area contributed by atoms with Crippen molar-refractivity contribution in [2.45, 2.75) is 51.0 Å². The Bertz CT molecular complexity index is 645. The van der Waals surface area contributed by atoms with Crippen molar-refractivity contribution in [1.29, 1.82) is 0 Å². The summed E-state index contributed by atoms with van der Waals surface area (Å²) in [6.45, 7) is 2.28. The SMILES string of the molecule is COc1ccc(C2CCC(CC(C)Nc3ccc(Cl)cc3)CC2)cc1. The number of anilines is 1. The first-order valence-corrected chi connectivity index (χ1v) is 9.68. The Labute approximate surface area is 156 Å². The van der Waals surface area contributed by atoms with E-state index in [-0.39, 0.29) is 0 Å². The molecule has 25 heavy (non-hydrogen) atoms. The number of nitrogens with one attached hydrogen (secondary N) is 1. The van der Waals surface area contributed by atoms with Gasteiger partial charge in [0, 0.05) is 16.8 Å². The Morgan fingerprint density at radius 2 is 1.64 bits per heavy atom. The predicted molar refractivity (Wildman–Crippen MR) is 107 cm³/mol. The molecule has 0 aromatic heterocycles. The second kappa shape index (κ2) is 8.62. The molecule has 3 heteroatoms. The molecule has 0 spiro atoms. The largest absolute Gasteiger partial charge is 0.497 e. The van der Waals surface area contributed by atoms with Crippen LogP contribution in [0.1, 0.15) is 50.5 Å². The van der Waals surface area contributed by atoms with Crippen molar-refractivity contribution in [2.75, 3.05) is 12.4 Å². The van der Waals surface area contributed by atoms with E-state index in [0.29, 0.717) is 12.0 Å². The summed E-state index contributed by atoms with van der Waals surface area (Å²) < 4.78 is 5.26. The lowest BCUT2D eigenvalue weighted by Gasteiger charge is -2.31. The number of methoxy groups -OCH3 is 1. The maximum absolute atomic E-state index is 5.95. The van der Waals surface area contributed by atoms with Gasteiger partial charge in [-0.2, -0.15) is 0 Å². The molecule has 2 aromatic carbocycles. The fourth-order valence-electron chi connectivity index (χ4n) is 4.00. The molecule has 0 saturated heterocycles. The van der Waals surface area contributed by atoms with E-state index < -0.39 is 0 Å². The van der Waals surface area contributed by atoms with Crippen molar-refractivity contribution in [3.63, 3.8) is 0 Å². The third kappa shape index (κ3) is 5.15. The summed E-state index contributed by atoms with van der Waals surface area (Å²) in [6, 6.07) is 17.1. The monoisotopic (exact) mass is 357 g/mol. The average molecular weight is 358 g/mol. The molecule has 1 atom stereocenters. The summed E-state index contributed by atoms with van der Waals surface area (Å²) in [6.07, 6.45) is 6.47. The Morgan fingerprint density at radius 3 is 2.24 bits per heavy atom. The molecule has 1 saturated carbocycles. The van der Waals surface area contributed by atoms with Crippen LogP contribution in [-0.4, -0.2) is 13.2 Å². The van der Waals surface area contributed by atoms with Gasteiger partial charge >= 0.3 is 0 Å². The molecule has 0 bridgehead atoms. The third-order valence-electron chi connectivity index (χ3n) is 5.38. The van der Waals surface area contributed by atoms with Gasteiger partial charge in [0.25, 0.3) is 0 Å². The van der Waals surface area contributed by atoms with Crippen LogP contribution in [0, 0.1) is 5.92 Å². The second-order valence-corrected chi connectivity index (χ2v) is 7.72. The van der Waals surface area contributed by atoms with Crippen LogP contribution in [0.15, 0.2) is 48.5 Å². The minimum Gasteiger partial charge on any atom is -0.497 e. The van der Waals surface area contributed by atoms with Gasteiger partial charge in [-0.15, -0.1) is 0 Å². The van der Waals surface area contributed by atoms with Gasteiger partial charge in [-0.05, 0) is 92.8 Å². The summed E-state index contributed by atoms with van der Waals surface area (Å²) in [4.78, 5) is 0. The molecule has 2 nitrogen and oxygen atoms in total. The number of hydrogen-bond donors (Lipinski definition) is 1. The number of ether oxygens (including phenoxy) is 1. The molecule has 0 aliphatic heterocycles. The molecule has 134 valence electrons. The molecular weight excluding hydrogens is 330 g/mol. The maximum atomic E-state index is 5.95. The first kappa shape index (κ1) is 18.1.